The van der Waals surface area contributed by atoms with E-state index in [0.717, 1.165) is 37.4 Å². The summed E-state index contributed by atoms with van der Waals surface area (Å²) < 4.78 is 5.65. The van der Waals surface area contributed by atoms with E-state index >= 15 is 0 Å². The van der Waals surface area contributed by atoms with Crippen LogP contribution in [-0.2, 0) is 11.3 Å². The average molecular weight is 235 g/mol. The number of rotatable bonds is 2. The number of hydrogen-bond donors (Lipinski definition) is 1. The molecular weight excluding hydrogens is 214 g/mol. The highest BCUT2D eigenvalue weighted by atomic mass is 16.5. The highest BCUT2D eigenvalue weighted by Crippen LogP contribution is 2.24. The highest BCUT2D eigenvalue weighted by Gasteiger charge is 2.17. The quantitative estimate of drug-likeness (QED) is 0.852. The van der Waals surface area contributed by atoms with E-state index < -0.39 is 0 Å². The molecule has 1 fully saturated rings. The molecule has 3 heteroatoms. The monoisotopic (exact) mass is 235 g/mol. The first-order chi connectivity index (χ1) is 8.20. The summed E-state index contributed by atoms with van der Waals surface area (Å²) in [4.78, 5) is 2.32. The number of hydrogen-bond acceptors (Lipinski definition) is 3. The minimum absolute atomic E-state index is 0.1000. The third-order valence-electron chi connectivity index (χ3n) is 3.20. The van der Waals surface area contributed by atoms with Crippen LogP contribution < -0.4 is 4.90 Å². The fraction of sp³-hybridized carbons (Fsp3) is 0.571. The predicted molar refractivity (Wildman–Crippen MR) is 69.3 cm³/mol. The Morgan fingerprint density at radius 2 is 2.29 bits per heavy atom. The van der Waals surface area contributed by atoms with E-state index in [4.69, 9.17) is 4.74 Å². The van der Waals surface area contributed by atoms with Crippen LogP contribution in [0.5, 0.6) is 0 Å². The summed E-state index contributed by atoms with van der Waals surface area (Å²) in [5, 5.41) is 9.45. The number of aliphatic hydroxyl groups excluding tert-OH is 1. The Kier molecular flexibility index (Phi) is 4.02. The molecule has 3 nitrogen and oxygen atoms in total. The second-order valence-electron chi connectivity index (χ2n) is 4.77. The van der Waals surface area contributed by atoms with Gasteiger partial charge in [0.1, 0.15) is 0 Å². The maximum absolute atomic E-state index is 9.45. The minimum atomic E-state index is 0.1000. The summed E-state index contributed by atoms with van der Waals surface area (Å²) in [5.74, 6) is 0. The lowest BCUT2D eigenvalue weighted by Crippen LogP contribution is -2.30. The third-order valence-corrected chi connectivity index (χ3v) is 3.20. The zero-order valence-corrected chi connectivity index (χ0v) is 10.6. The Bertz CT molecular complexity index is 378. The summed E-state index contributed by atoms with van der Waals surface area (Å²) >= 11 is 0. The molecule has 1 aliphatic heterocycles. The van der Waals surface area contributed by atoms with Gasteiger partial charge in [-0.05, 0) is 26.3 Å². The van der Waals surface area contributed by atoms with Gasteiger partial charge in [-0.15, -0.1) is 0 Å². The van der Waals surface area contributed by atoms with Gasteiger partial charge in [-0.3, -0.25) is 0 Å². The molecule has 0 bridgehead atoms. The van der Waals surface area contributed by atoms with Gasteiger partial charge in [0, 0.05) is 30.9 Å². The second kappa shape index (κ2) is 5.52. The van der Waals surface area contributed by atoms with Crippen molar-refractivity contribution < 1.29 is 9.84 Å². The molecule has 1 N–H and O–H groups in total. The van der Waals surface area contributed by atoms with Gasteiger partial charge in [0.05, 0.1) is 12.7 Å². The van der Waals surface area contributed by atoms with Crippen molar-refractivity contribution in [2.45, 2.75) is 33.0 Å². The molecular formula is C14H21NO2. The van der Waals surface area contributed by atoms with Gasteiger partial charge in [-0.2, -0.15) is 0 Å². The second-order valence-corrected chi connectivity index (χ2v) is 4.77. The van der Waals surface area contributed by atoms with Crippen molar-refractivity contribution in [3.63, 3.8) is 0 Å². The lowest BCUT2D eigenvalue weighted by Gasteiger charge is -2.26. The van der Waals surface area contributed by atoms with Crippen LogP contribution in [0.2, 0.25) is 0 Å². The van der Waals surface area contributed by atoms with Crippen LogP contribution in [0.4, 0.5) is 5.69 Å². The summed E-state index contributed by atoms with van der Waals surface area (Å²) in [6.07, 6.45) is 1.30. The van der Waals surface area contributed by atoms with E-state index in [0.29, 0.717) is 0 Å². The molecule has 1 aliphatic rings. The molecule has 0 saturated carbocycles. The van der Waals surface area contributed by atoms with Gasteiger partial charge >= 0.3 is 0 Å². The number of aliphatic hydroxyl groups is 1. The van der Waals surface area contributed by atoms with Gasteiger partial charge in [0.25, 0.3) is 0 Å². The summed E-state index contributed by atoms with van der Waals surface area (Å²) in [6, 6.07) is 6.27. The number of benzene rings is 1. The predicted octanol–water partition coefficient (Wildman–Crippen LogP) is 2.10. The van der Waals surface area contributed by atoms with Crippen molar-refractivity contribution in [1.29, 1.82) is 0 Å². The Balaban J connectivity index is 2.25. The molecule has 17 heavy (non-hydrogen) atoms. The van der Waals surface area contributed by atoms with E-state index in [-0.39, 0.29) is 12.7 Å². The molecule has 1 aromatic carbocycles. The zero-order chi connectivity index (χ0) is 12.3. The first kappa shape index (κ1) is 12.4. The summed E-state index contributed by atoms with van der Waals surface area (Å²) in [6.45, 7) is 6.99. The molecule has 0 radical (unpaired) electrons. The van der Waals surface area contributed by atoms with E-state index in [1.807, 2.05) is 0 Å². The van der Waals surface area contributed by atoms with E-state index in [1.54, 1.807) is 0 Å². The number of ether oxygens (including phenoxy) is 1. The molecule has 1 heterocycles. The van der Waals surface area contributed by atoms with Crippen molar-refractivity contribution in [2.75, 3.05) is 24.6 Å². The topological polar surface area (TPSA) is 32.7 Å². The molecule has 1 saturated heterocycles. The van der Waals surface area contributed by atoms with Crippen LogP contribution in [0.25, 0.3) is 0 Å². The molecule has 2 rings (SSSR count). The lowest BCUT2D eigenvalue weighted by atomic mass is 10.1. The average Bonchev–Trinajstić information content (AvgIpc) is 2.53. The smallest absolute Gasteiger partial charge is 0.0721 e. The SMILES string of the molecule is Cc1ccc(N2CCCOC(C)C2)c(CO)c1. The molecule has 0 spiro atoms. The van der Waals surface area contributed by atoms with Gasteiger partial charge in [-0.1, -0.05) is 17.7 Å². The maximum Gasteiger partial charge on any atom is 0.0721 e. The summed E-state index contributed by atoms with van der Waals surface area (Å²) in [7, 11) is 0. The Morgan fingerprint density at radius 3 is 3.06 bits per heavy atom. The van der Waals surface area contributed by atoms with Crippen molar-refractivity contribution >= 4 is 5.69 Å². The largest absolute Gasteiger partial charge is 0.392 e. The normalized spacial score (nSPS) is 21.4. The zero-order valence-electron chi connectivity index (χ0n) is 10.6. The Hall–Kier alpha value is -1.06. The molecule has 0 aliphatic carbocycles. The first-order valence-corrected chi connectivity index (χ1v) is 6.27. The molecule has 0 amide bonds. The van der Waals surface area contributed by atoms with Gasteiger partial charge in [0.15, 0.2) is 0 Å². The Morgan fingerprint density at radius 1 is 1.47 bits per heavy atom. The fourth-order valence-electron chi connectivity index (χ4n) is 2.36. The van der Waals surface area contributed by atoms with Crippen LogP contribution in [-0.4, -0.2) is 30.9 Å². The number of anilines is 1. The van der Waals surface area contributed by atoms with E-state index in [9.17, 15) is 5.11 Å². The summed E-state index contributed by atoms with van der Waals surface area (Å²) in [5.41, 5.74) is 3.35. The molecule has 1 unspecified atom stereocenters. The highest BCUT2D eigenvalue weighted by molar-refractivity contribution is 5.55. The van der Waals surface area contributed by atoms with Gasteiger partial charge < -0.3 is 14.7 Å². The van der Waals surface area contributed by atoms with E-state index in [2.05, 4.69) is 36.9 Å². The number of aryl methyl sites for hydroxylation is 1. The molecule has 1 aromatic rings. The standard InChI is InChI=1S/C14H21NO2/c1-11-4-5-14(13(8-11)10-16)15-6-3-7-17-12(2)9-15/h4-5,8,12,16H,3,6-7,9-10H2,1-2H3. The maximum atomic E-state index is 9.45. The third kappa shape index (κ3) is 2.99. The van der Waals surface area contributed by atoms with Crippen molar-refractivity contribution in [3.05, 3.63) is 29.3 Å². The van der Waals surface area contributed by atoms with Gasteiger partial charge in [-0.25, -0.2) is 0 Å². The first-order valence-electron chi connectivity index (χ1n) is 6.27. The van der Waals surface area contributed by atoms with Crippen LogP contribution in [0.1, 0.15) is 24.5 Å². The number of nitrogens with zero attached hydrogens (tertiary/aromatic N) is 1. The van der Waals surface area contributed by atoms with Crippen LogP contribution in [0, 0.1) is 6.92 Å². The van der Waals surface area contributed by atoms with Crippen molar-refractivity contribution in [3.8, 4) is 0 Å². The van der Waals surface area contributed by atoms with Crippen LogP contribution >= 0.6 is 0 Å². The minimum Gasteiger partial charge on any atom is -0.392 e. The molecule has 1 atom stereocenters. The molecule has 94 valence electrons. The van der Waals surface area contributed by atoms with Gasteiger partial charge in [0.2, 0.25) is 0 Å². The molecule has 0 aromatic heterocycles. The lowest BCUT2D eigenvalue weighted by molar-refractivity contribution is 0.0820. The van der Waals surface area contributed by atoms with Crippen LogP contribution in [0.3, 0.4) is 0 Å². The van der Waals surface area contributed by atoms with E-state index in [1.165, 1.54) is 5.56 Å². The van der Waals surface area contributed by atoms with Crippen molar-refractivity contribution in [2.24, 2.45) is 0 Å². The fourth-order valence-corrected chi connectivity index (χ4v) is 2.36. The Labute approximate surface area is 103 Å². The van der Waals surface area contributed by atoms with Crippen molar-refractivity contribution in [1.82, 2.24) is 0 Å². The van der Waals surface area contributed by atoms with Crippen LogP contribution in [0.15, 0.2) is 18.2 Å².